The van der Waals surface area contributed by atoms with E-state index in [4.69, 9.17) is 9.47 Å². The lowest BCUT2D eigenvalue weighted by Gasteiger charge is -2.48. The molecule has 0 aromatic heterocycles. The molecule has 1 N–H and O–H groups in total. The SMILES string of the molecule is CC(C)C(C)(C(O)OC1CCOC1=O)C(C)(C)C. The number of hydrogen-bond donors (Lipinski definition) is 1. The third-order valence-corrected chi connectivity index (χ3v) is 4.51. The van der Waals surface area contributed by atoms with E-state index in [1.165, 1.54) is 0 Å². The van der Waals surface area contributed by atoms with Crippen molar-refractivity contribution in [2.24, 2.45) is 16.7 Å². The fourth-order valence-electron chi connectivity index (χ4n) is 2.42. The Bertz CT molecular complexity index is 305. The average molecular weight is 258 g/mol. The molecule has 106 valence electrons. The van der Waals surface area contributed by atoms with Gasteiger partial charge in [-0.25, -0.2) is 4.79 Å². The summed E-state index contributed by atoms with van der Waals surface area (Å²) in [6.07, 6.45) is -1.08. The Morgan fingerprint density at radius 2 is 1.89 bits per heavy atom. The van der Waals surface area contributed by atoms with Gasteiger partial charge in [-0.05, 0) is 11.3 Å². The molecule has 1 saturated heterocycles. The van der Waals surface area contributed by atoms with Crippen molar-refractivity contribution in [1.29, 1.82) is 0 Å². The van der Waals surface area contributed by atoms with E-state index in [1.54, 1.807) is 0 Å². The summed E-state index contributed by atoms with van der Waals surface area (Å²) >= 11 is 0. The first kappa shape index (κ1) is 15.4. The minimum Gasteiger partial charge on any atom is -0.464 e. The Hall–Kier alpha value is -0.610. The van der Waals surface area contributed by atoms with Crippen molar-refractivity contribution in [2.45, 2.75) is 60.4 Å². The van der Waals surface area contributed by atoms with Gasteiger partial charge in [-0.2, -0.15) is 0 Å². The Labute approximate surface area is 110 Å². The Balaban J connectivity index is 2.84. The van der Waals surface area contributed by atoms with Gasteiger partial charge in [-0.15, -0.1) is 0 Å². The van der Waals surface area contributed by atoms with E-state index in [9.17, 15) is 9.90 Å². The molecule has 1 aliphatic rings. The summed E-state index contributed by atoms with van der Waals surface area (Å²) in [6.45, 7) is 12.7. The largest absolute Gasteiger partial charge is 0.464 e. The molecule has 3 atom stereocenters. The summed E-state index contributed by atoms with van der Waals surface area (Å²) in [4.78, 5) is 11.4. The monoisotopic (exact) mass is 258 g/mol. The van der Waals surface area contributed by atoms with Gasteiger partial charge in [0, 0.05) is 11.8 Å². The van der Waals surface area contributed by atoms with E-state index in [-0.39, 0.29) is 17.3 Å². The van der Waals surface area contributed by atoms with Crippen LogP contribution in [0.1, 0.15) is 48.0 Å². The minimum atomic E-state index is -0.979. The van der Waals surface area contributed by atoms with Crippen LogP contribution in [-0.4, -0.2) is 30.1 Å². The maximum absolute atomic E-state index is 11.4. The molecule has 0 spiro atoms. The van der Waals surface area contributed by atoms with Gasteiger partial charge >= 0.3 is 5.97 Å². The van der Waals surface area contributed by atoms with Gasteiger partial charge in [-0.3, -0.25) is 0 Å². The van der Waals surface area contributed by atoms with Crippen molar-refractivity contribution in [3.8, 4) is 0 Å². The molecule has 1 aliphatic heterocycles. The molecular weight excluding hydrogens is 232 g/mol. The molecule has 4 nitrogen and oxygen atoms in total. The normalized spacial score (nSPS) is 26.0. The van der Waals surface area contributed by atoms with Gasteiger partial charge in [0.1, 0.15) is 0 Å². The summed E-state index contributed by atoms with van der Waals surface area (Å²) in [6, 6.07) is 0. The van der Waals surface area contributed by atoms with Crippen molar-refractivity contribution in [3.63, 3.8) is 0 Å². The fourth-order valence-corrected chi connectivity index (χ4v) is 2.42. The Morgan fingerprint density at radius 3 is 2.22 bits per heavy atom. The summed E-state index contributed by atoms with van der Waals surface area (Å²) in [5, 5.41) is 10.4. The van der Waals surface area contributed by atoms with E-state index in [1.807, 2.05) is 6.92 Å². The average Bonchev–Trinajstić information content (AvgIpc) is 2.61. The van der Waals surface area contributed by atoms with Gasteiger partial charge in [0.25, 0.3) is 0 Å². The van der Waals surface area contributed by atoms with Crippen molar-refractivity contribution in [2.75, 3.05) is 6.61 Å². The molecule has 18 heavy (non-hydrogen) atoms. The maximum atomic E-state index is 11.4. The molecule has 4 heteroatoms. The lowest BCUT2D eigenvalue weighted by molar-refractivity contribution is -0.236. The molecule has 0 aromatic rings. The standard InChI is InChI=1S/C14H26O4/c1-9(2)14(6,13(3,4)5)12(16)18-10-7-8-17-11(10)15/h9-10,12,16H,7-8H2,1-6H3. The molecule has 1 fully saturated rings. The lowest BCUT2D eigenvalue weighted by atomic mass is 9.61. The number of cyclic esters (lactones) is 1. The van der Waals surface area contributed by atoms with Crippen LogP contribution in [0.2, 0.25) is 0 Å². The maximum Gasteiger partial charge on any atom is 0.335 e. The van der Waals surface area contributed by atoms with Crippen LogP contribution in [0.3, 0.4) is 0 Å². The van der Waals surface area contributed by atoms with E-state index in [0.29, 0.717) is 13.0 Å². The second-order valence-electron chi connectivity index (χ2n) is 6.62. The second-order valence-corrected chi connectivity index (χ2v) is 6.62. The molecule has 0 bridgehead atoms. The van der Waals surface area contributed by atoms with Crippen molar-refractivity contribution in [3.05, 3.63) is 0 Å². The van der Waals surface area contributed by atoms with Crippen LogP contribution in [0.15, 0.2) is 0 Å². The highest BCUT2D eigenvalue weighted by atomic mass is 16.6. The van der Waals surface area contributed by atoms with Crippen molar-refractivity contribution >= 4 is 5.97 Å². The first-order valence-corrected chi connectivity index (χ1v) is 6.61. The summed E-state index contributed by atoms with van der Waals surface area (Å²) < 4.78 is 10.4. The smallest absolute Gasteiger partial charge is 0.335 e. The number of hydrogen-bond acceptors (Lipinski definition) is 4. The minimum absolute atomic E-state index is 0.136. The number of rotatable bonds is 4. The van der Waals surface area contributed by atoms with E-state index in [0.717, 1.165) is 0 Å². The zero-order valence-electron chi connectivity index (χ0n) is 12.3. The molecule has 0 saturated carbocycles. The molecular formula is C14H26O4. The highest BCUT2D eigenvalue weighted by Gasteiger charge is 2.48. The van der Waals surface area contributed by atoms with Crippen LogP contribution in [0.4, 0.5) is 0 Å². The molecule has 0 amide bonds. The predicted octanol–water partition coefficient (Wildman–Crippen LogP) is 2.35. The summed E-state index contributed by atoms with van der Waals surface area (Å²) in [5.74, 6) is -0.140. The van der Waals surface area contributed by atoms with E-state index in [2.05, 4.69) is 34.6 Å². The Morgan fingerprint density at radius 1 is 1.33 bits per heavy atom. The van der Waals surface area contributed by atoms with Crippen LogP contribution in [0.5, 0.6) is 0 Å². The first-order valence-electron chi connectivity index (χ1n) is 6.61. The zero-order valence-corrected chi connectivity index (χ0v) is 12.3. The van der Waals surface area contributed by atoms with E-state index >= 15 is 0 Å². The van der Waals surface area contributed by atoms with Gasteiger partial charge in [0.05, 0.1) is 6.61 Å². The van der Waals surface area contributed by atoms with Gasteiger partial charge in [-0.1, -0.05) is 41.5 Å². The number of esters is 1. The number of carbonyl (C=O) groups is 1. The van der Waals surface area contributed by atoms with E-state index < -0.39 is 17.8 Å². The molecule has 0 aromatic carbocycles. The van der Waals surface area contributed by atoms with Crippen molar-refractivity contribution < 1.29 is 19.4 Å². The second kappa shape index (κ2) is 5.17. The number of aliphatic hydroxyl groups excluding tert-OH is 1. The summed E-state index contributed by atoms with van der Waals surface area (Å²) in [5.41, 5.74) is -0.570. The fraction of sp³-hybridized carbons (Fsp3) is 0.929. The Kier molecular flexibility index (Phi) is 4.44. The summed E-state index contributed by atoms with van der Waals surface area (Å²) in [7, 11) is 0. The van der Waals surface area contributed by atoms with Crippen LogP contribution >= 0.6 is 0 Å². The zero-order chi connectivity index (χ0) is 14.1. The molecule has 1 heterocycles. The number of ether oxygens (including phenoxy) is 2. The lowest BCUT2D eigenvalue weighted by Crippen LogP contribution is -2.50. The van der Waals surface area contributed by atoms with Crippen LogP contribution in [0.25, 0.3) is 0 Å². The molecule has 3 unspecified atom stereocenters. The highest BCUT2D eigenvalue weighted by molar-refractivity contribution is 5.76. The molecule has 0 aliphatic carbocycles. The van der Waals surface area contributed by atoms with Gasteiger partial charge < -0.3 is 14.6 Å². The third kappa shape index (κ3) is 2.69. The predicted molar refractivity (Wildman–Crippen MR) is 68.9 cm³/mol. The number of carbonyl (C=O) groups excluding carboxylic acids is 1. The van der Waals surface area contributed by atoms with Crippen LogP contribution < -0.4 is 0 Å². The number of aliphatic hydroxyl groups is 1. The topological polar surface area (TPSA) is 55.8 Å². The van der Waals surface area contributed by atoms with Crippen LogP contribution in [0, 0.1) is 16.7 Å². The highest BCUT2D eigenvalue weighted by Crippen LogP contribution is 2.47. The third-order valence-electron chi connectivity index (χ3n) is 4.51. The molecule has 1 rings (SSSR count). The quantitative estimate of drug-likeness (QED) is 0.621. The molecule has 0 radical (unpaired) electrons. The van der Waals surface area contributed by atoms with Gasteiger partial charge in [0.15, 0.2) is 12.4 Å². The van der Waals surface area contributed by atoms with Gasteiger partial charge in [0.2, 0.25) is 0 Å². The van der Waals surface area contributed by atoms with Crippen molar-refractivity contribution in [1.82, 2.24) is 0 Å². The van der Waals surface area contributed by atoms with Crippen LogP contribution in [-0.2, 0) is 14.3 Å². The first-order chi connectivity index (χ1) is 8.10.